The minimum Gasteiger partial charge on any atom is -0.493 e. The molecule has 0 saturated carbocycles. The van der Waals surface area contributed by atoms with Gasteiger partial charge in [-0.3, -0.25) is 9.59 Å². The van der Waals surface area contributed by atoms with Gasteiger partial charge in [-0.05, 0) is 31.9 Å². The SMILES string of the molecule is CCOC(=O)[C@@H]1CC(C)=C(OC)C(=O)[C@@]1(O)c1ccoc1[Si](C)(C)C. The molecule has 1 heterocycles. The average Bonchev–Trinajstić information content (AvgIpc) is 3.02. The number of methoxy groups -OCH3 is 1. The maximum absolute atomic E-state index is 13.1. The number of esters is 1. The van der Waals surface area contributed by atoms with E-state index in [-0.39, 0.29) is 18.8 Å². The van der Waals surface area contributed by atoms with E-state index in [9.17, 15) is 14.7 Å². The fourth-order valence-electron chi connectivity index (χ4n) is 3.34. The number of ketones is 1. The number of ether oxygens (including phenoxy) is 2. The van der Waals surface area contributed by atoms with Crippen molar-refractivity contribution >= 4 is 25.2 Å². The van der Waals surface area contributed by atoms with Crippen molar-refractivity contribution in [3.05, 3.63) is 29.2 Å². The van der Waals surface area contributed by atoms with Crippen LogP contribution in [0.25, 0.3) is 0 Å². The summed E-state index contributed by atoms with van der Waals surface area (Å²) in [4.78, 5) is 25.7. The molecule has 0 aromatic carbocycles. The second-order valence-electron chi connectivity index (χ2n) is 7.33. The molecule has 1 aliphatic rings. The minimum absolute atomic E-state index is 0.0887. The first-order chi connectivity index (χ1) is 11.6. The van der Waals surface area contributed by atoms with E-state index < -0.39 is 31.3 Å². The van der Waals surface area contributed by atoms with E-state index in [1.165, 1.54) is 13.4 Å². The van der Waals surface area contributed by atoms with Gasteiger partial charge in [-0.25, -0.2) is 0 Å². The summed E-state index contributed by atoms with van der Waals surface area (Å²) in [5.74, 6) is -2.18. The highest BCUT2D eigenvalue weighted by atomic mass is 28.3. The molecule has 0 saturated heterocycles. The standard InChI is InChI=1S/C18H26O6Si/c1-7-23-16(20)13-10-11(2)14(22-3)15(19)18(13,21)12-8-9-24-17(12)25(4,5)6/h8-9,13,21H,7,10H2,1-6H3/t13-,18+/m0/s1. The lowest BCUT2D eigenvalue weighted by atomic mass is 9.71. The van der Waals surface area contributed by atoms with Crippen molar-refractivity contribution in [2.75, 3.05) is 13.7 Å². The lowest BCUT2D eigenvalue weighted by Gasteiger charge is -2.38. The zero-order valence-corrected chi connectivity index (χ0v) is 16.6. The normalized spacial score (nSPS) is 24.4. The van der Waals surface area contributed by atoms with Gasteiger partial charge in [-0.1, -0.05) is 19.6 Å². The lowest BCUT2D eigenvalue weighted by Crippen LogP contribution is -2.55. The van der Waals surface area contributed by atoms with Gasteiger partial charge in [0, 0.05) is 5.56 Å². The molecule has 0 aliphatic heterocycles. The summed E-state index contributed by atoms with van der Waals surface area (Å²) in [6.07, 6.45) is 1.63. The Morgan fingerprint density at radius 1 is 1.44 bits per heavy atom. The molecule has 0 amide bonds. The number of aliphatic hydroxyl groups is 1. The molecule has 2 rings (SSSR count). The monoisotopic (exact) mass is 366 g/mol. The van der Waals surface area contributed by atoms with Gasteiger partial charge in [-0.15, -0.1) is 0 Å². The van der Waals surface area contributed by atoms with Gasteiger partial charge in [0.05, 0.1) is 25.4 Å². The van der Waals surface area contributed by atoms with Crippen LogP contribution in [0.4, 0.5) is 0 Å². The fraction of sp³-hybridized carbons (Fsp3) is 0.556. The number of rotatable bonds is 5. The van der Waals surface area contributed by atoms with Gasteiger partial charge >= 0.3 is 5.97 Å². The molecule has 0 radical (unpaired) electrons. The molecular weight excluding hydrogens is 340 g/mol. The fourth-order valence-corrected chi connectivity index (χ4v) is 4.84. The summed E-state index contributed by atoms with van der Waals surface area (Å²) >= 11 is 0. The third kappa shape index (κ3) is 3.18. The lowest BCUT2D eigenvalue weighted by molar-refractivity contribution is -0.168. The van der Waals surface area contributed by atoms with Gasteiger partial charge in [0.1, 0.15) is 14.0 Å². The number of hydrogen-bond donors (Lipinski definition) is 1. The van der Waals surface area contributed by atoms with Crippen LogP contribution < -0.4 is 5.38 Å². The third-order valence-corrected chi connectivity index (χ3v) is 6.24. The molecule has 1 aromatic heterocycles. The summed E-state index contributed by atoms with van der Waals surface area (Å²) in [6.45, 7) is 9.72. The molecule has 25 heavy (non-hydrogen) atoms. The van der Waals surface area contributed by atoms with Gasteiger partial charge in [0.25, 0.3) is 0 Å². The Morgan fingerprint density at radius 2 is 2.08 bits per heavy atom. The van der Waals surface area contributed by atoms with Crippen molar-refractivity contribution in [2.45, 2.75) is 45.5 Å². The molecule has 0 bridgehead atoms. The molecule has 2 atom stereocenters. The molecule has 138 valence electrons. The molecule has 0 unspecified atom stereocenters. The van der Waals surface area contributed by atoms with E-state index in [1.807, 2.05) is 19.6 Å². The highest BCUT2D eigenvalue weighted by Crippen LogP contribution is 2.42. The van der Waals surface area contributed by atoms with Crippen LogP contribution in [0.15, 0.2) is 28.1 Å². The molecular formula is C18H26O6Si. The van der Waals surface area contributed by atoms with Crippen molar-refractivity contribution in [3.63, 3.8) is 0 Å². The van der Waals surface area contributed by atoms with E-state index in [0.29, 0.717) is 16.5 Å². The minimum atomic E-state index is -2.06. The first-order valence-electron chi connectivity index (χ1n) is 8.35. The summed E-state index contributed by atoms with van der Waals surface area (Å²) in [7, 11) is -0.621. The van der Waals surface area contributed by atoms with Crippen LogP contribution in [-0.2, 0) is 24.7 Å². The molecule has 1 aromatic rings. The molecule has 7 heteroatoms. The predicted octanol–water partition coefficient (Wildman–Crippen LogP) is 2.08. The first-order valence-corrected chi connectivity index (χ1v) is 11.8. The number of allylic oxidation sites excluding steroid dienone is 1. The summed E-state index contributed by atoms with van der Waals surface area (Å²) in [6, 6.07) is 1.58. The van der Waals surface area contributed by atoms with Crippen molar-refractivity contribution in [2.24, 2.45) is 5.92 Å². The van der Waals surface area contributed by atoms with E-state index in [1.54, 1.807) is 19.9 Å². The quantitative estimate of drug-likeness (QED) is 0.634. The number of carbonyl (C=O) groups is 2. The van der Waals surface area contributed by atoms with Gasteiger partial charge in [-0.2, -0.15) is 0 Å². The topological polar surface area (TPSA) is 86.0 Å². The van der Waals surface area contributed by atoms with Gasteiger partial charge in [0.15, 0.2) is 11.4 Å². The number of Topliss-reactive ketones (excluding diaryl/α,β-unsaturated/α-hetero) is 1. The smallest absolute Gasteiger partial charge is 0.313 e. The number of furan rings is 1. The van der Waals surface area contributed by atoms with E-state index >= 15 is 0 Å². The van der Waals surface area contributed by atoms with E-state index in [2.05, 4.69) is 0 Å². The van der Waals surface area contributed by atoms with Gasteiger partial charge in [0.2, 0.25) is 5.78 Å². The van der Waals surface area contributed by atoms with Crippen LogP contribution in [0.5, 0.6) is 0 Å². The van der Waals surface area contributed by atoms with Gasteiger partial charge < -0.3 is 19.0 Å². The van der Waals surface area contributed by atoms with Crippen LogP contribution in [0, 0.1) is 5.92 Å². The zero-order valence-electron chi connectivity index (χ0n) is 15.6. The van der Waals surface area contributed by atoms with Crippen LogP contribution in [0.1, 0.15) is 25.8 Å². The summed E-state index contributed by atoms with van der Waals surface area (Å²) < 4.78 is 16.0. The Balaban J connectivity index is 2.69. The Labute approximate surface area is 148 Å². The molecule has 0 spiro atoms. The van der Waals surface area contributed by atoms with Crippen LogP contribution in [-0.4, -0.2) is 38.6 Å². The van der Waals surface area contributed by atoms with Crippen LogP contribution in [0.3, 0.4) is 0 Å². The highest BCUT2D eigenvalue weighted by Gasteiger charge is 2.56. The van der Waals surface area contributed by atoms with Crippen molar-refractivity contribution in [1.82, 2.24) is 0 Å². The third-order valence-electron chi connectivity index (χ3n) is 4.49. The maximum atomic E-state index is 13.1. The average molecular weight is 366 g/mol. The Bertz CT molecular complexity index is 711. The maximum Gasteiger partial charge on any atom is 0.313 e. The zero-order chi connectivity index (χ0) is 19.0. The molecule has 6 nitrogen and oxygen atoms in total. The number of hydrogen-bond acceptors (Lipinski definition) is 6. The Kier molecular flexibility index (Phi) is 5.29. The Hall–Kier alpha value is -1.86. The Morgan fingerprint density at radius 3 is 2.60 bits per heavy atom. The molecule has 0 fully saturated rings. The predicted molar refractivity (Wildman–Crippen MR) is 95.0 cm³/mol. The van der Waals surface area contributed by atoms with E-state index in [4.69, 9.17) is 13.9 Å². The number of carbonyl (C=O) groups excluding carboxylic acids is 2. The van der Waals surface area contributed by atoms with Crippen molar-refractivity contribution in [1.29, 1.82) is 0 Å². The summed E-state index contributed by atoms with van der Waals surface area (Å²) in [5, 5.41) is 12.1. The highest BCUT2D eigenvalue weighted by molar-refractivity contribution is 6.88. The molecule has 1 N–H and O–H groups in total. The van der Waals surface area contributed by atoms with Crippen LogP contribution >= 0.6 is 0 Å². The second kappa shape index (κ2) is 6.80. The first kappa shape index (κ1) is 19.5. The largest absolute Gasteiger partial charge is 0.493 e. The molecule has 1 aliphatic carbocycles. The van der Waals surface area contributed by atoms with E-state index in [0.717, 1.165) is 0 Å². The van der Waals surface area contributed by atoms with Crippen molar-refractivity contribution < 1.29 is 28.6 Å². The summed E-state index contributed by atoms with van der Waals surface area (Å²) in [5.41, 5.74) is -1.09. The van der Waals surface area contributed by atoms with Crippen LogP contribution in [0.2, 0.25) is 19.6 Å². The van der Waals surface area contributed by atoms with Crippen molar-refractivity contribution in [3.8, 4) is 0 Å². The second-order valence-corrected chi connectivity index (χ2v) is 12.3.